The number of hydrogen-bond donors (Lipinski definition) is 1. The number of halogens is 2. The summed E-state index contributed by atoms with van der Waals surface area (Å²) in [6.45, 7) is 0. The van der Waals surface area contributed by atoms with E-state index >= 15 is 0 Å². The number of fused-ring (bicyclic) bond motifs is 1. The van der Waals surface area contributed by atoms with Crippen molar-refractivity contribution in [1.82, 2.24) is 0 Å². The van der Waals surface area contributed by atoms with Crippen molar-refractivity contribution >= 4 is 38.5 Å². The first-order valence-electron chi connectivity index (χ1n) is 5.88. The minimum absolute atomic E-state index is 0.183. The van der Waals surface area contributed by atoms with E-state index in [1.807, 2.05) is 12.1 Å². The van der Waals surface area contributed by atoms with Crippen LogP contribution in [-0.2, 0) is 0 Å². The number of carbonyl (C=O) groups excluding carboxylic acids is 1. The molecule has 0 bridgehead atoms. The van der Waals surface area contributed by atoms with Crippen molar-refractivity contribution in [1.29, 1.82) is 0 Å². The molecule has 20 heavy (non-hydrogen) atoms. The Morgan fingerprint density at radius 3 is 2.80 bits per heavy atom. The molecular weight excluding hydrogens is 325 g/mol. The number of anilines is 1. The molecule has 0 unspecified atom stereocenters. The van der Waals surface area contributed by atoms with Crippen molar-refractivity contribution in [3.8, 4) is 0 Å². The summed E-state index contributed by atoms with van der Waals surface area (Å²) in [5, 5.41) is 3.41. The number of benzene rings is 2. The third-order valence-corrected chi connectivity index (χ3v) is 3.28. The Labute approximate surface area is 122 Å². The third-order valence-electron chi connectivity index (χ3n) is 2.78. The molecule has 1 amide bonds. The van der Waals surface area contributed by atoms with Gasteiger partial charge in [-0.1, -0.05) is 22.0 Å². The predicted molar refractivity (Wildman–Crippen MR) is 78.3 cm³/mol. The van der Waals surface area contributed by atoms with E-state index in [-0.39, 0.29) is 5.76 Å². The van der Waals surface area contributed by atoms with Crippen LogP contribution in [0.15, 0.2) is 57.4 Å². The molecule has 3 aromatic rings. The van der Waals surface area contributed by atoms with E-state index in [4.69, 9.17) is 4.42 Å². The molecule has 3 nitrogen and oxygen atoms in total. The van der Waals surface area contributed by atoms with Crippen LogP contribution in [0.3, 0.4) is 0 Å². The summed E-state index contributed by atoms with van der Waals surface area (Å²) in [6, 6.07) is 12.8. The maximum absolute atomic E-state index is 13.1. The lowest BCUT2D eigenvalue weighted by atomic mass is 10.2. The van der Waals surface area contributed by atoms with Crippen LogP contribution in [0.1, 0.15) is 10.6 Å². The van der Waals surface area contributed by atoms with Crippen LogP contribution in [0.4, 0.5) is 10.1 Å². The Bertz CT molecular complexity index is 797. The number of hydrogen-bond acceptors (Lipinski definition) is 2. The lowest BCUT2D eigenvalue weighted by molar-refractivity contribution is 0.0998. The van der Waals surface area contributed by atoms with Crippen molar-refractivity contribution in [2.24, 2.45) is 0 Å². The molecule has 1 aromatic heterocycles. The van der Waals surface area contributed by atoms with Crippen LogP contribution in [0.2, 0.25) is 0 Å². The first kappa shape index (κ1) is 12.9. The second-order valence-electron chi connectivity index (χ2n) is 4.26. The van der Waals surface area contributed by atoms with Gasteiger partial charge in [0.25, 0.3) is 5.91 Å². The fourth-order valence-electron chi connectivity index (χ4n) is 1.89. The number of nitrogens with one attached hydrogen (secondary N) is 1. The zero-order valence-electron chi connectivity index (χ0n) is 10.2. The van der Waals surface area contributed by atoms with Crippen LogP contribution in [0.25, 0.3) is 11.0 Å². The van der Waals surface area contributed by atoms with Crippen molar-refractivity contribution in [2.45, 2.75) is 0 Å². The highest BCUT2D eigenvalue weighted by atomic mass is 79.9. The van der Waals surface area contributed by atoms with E-state index in [1.54, 1.807) is 18.2 Å². The molecular formula is C15H9BrFNO2. The quantitative estimate of drug-likeness (QED) is 0.745. The Morgan fingerprint density at radius 2 is 2.00 bits per heavy atom. The van der Waals surface area contributed by atoms with Gasteiger partial charge >= 0.3 is 0 Å². The summed E-state index contributed by atoms with van der Waals surface area (Å²) in [5.74, 6) is -0.637. The Kier molecular flexibility index (Phi) is 3.28. The maximum Gasteiger partial charge on any atom is 0.291 e. The average Bonchev–Trinajstić information content (AvgIpc) is 2.81. The highest BCUT2D eigenvalue weighted by molar-refractivity contribution is 9.10. The summed E-state index contributed by atoms with van der Waals surface area (Å²) in [5.41, 5.74) is 1.01. The zero-order chi connectivity index (χ0) is 14.1. The van der Waals surface area contributed by atoms with Gasteiger partial charge in [-0.3, -0.25) is 4.79 Å². The molecule has 0 aliphatic rings. The van der Waals surface area contributed by atoms with Gasteiger partial charge in [-0.15, -0.1) is 0 Å². The van der Waals surface area contributed by atoms with Gasteiger partial charge < -0.3 is 9.73 Å². The lowest BCUT2D eigenvalue weighted by Gasteiger charge is -2.02. The summed E-state index contributed by atoms with van der Waals surface area (Å²) >= 11 is 3.36. The summed E-state index contributed by atoms with van der Waals surface area (Å²) in [4.78, 5) is 12.0. The van der Waals surface area contributed by atoms with Gasteiger partial charge in [-0.25, -0.2) is 4.39 Å². The van der Waals surface area contributed by atoms with E-state index in [9.17, 15) is 9.18 Å². The van der Waals surface area contributed by atoms with E-state index in [1.165, 1.54) is 18.2 Å². The van der Waals surface area contributed by atoms with Crippen LogP contribution in [-0.4, -0.2) is 5.91 Å². The minimum atomic E-state index is -0.414. The molecule has 0 radical (unpaired) electrons. The van der Waals surface area contributed by atoms with Gasteiger partial charge in [0, 0.05) is 15.5 Å². The monoisotopic (exact) mass is 333 g/mol. The van der Waals surface area contributed by atoms with Crippen LogP contribution >= 0.6 is 15.9 Å². The van der Waals surface area contributed by atoms with Crippen LogP contribution in [0, 0.1) is 5.82 Å². The highest BCUT2D eigenvalue weighted by Gasteiger charge is 2.12. The van der Waals surface area contributed by atoms with E-state index in [0.717, 1.165) is 9.86 Å². The van der Waals surface area contributed by atoms with Crippen molar-refractivity contribution in [3.63, 3.8) is 0 Å². The molecule has 0 atom stereocenters. The molecule has 0 spiro atoms. The molecule has 3 rings (SSSR count). The summed E-state index contributed by atoms with van der Waals surface area (Å²) in [6.07, 6.45) is 0. The van der Waals surface area contributed by atoms with Crippen molar-refractivity contribution in [3.05, 3.63) is 64.6 Å². The molecule has 1 heterocycles. The minimum Gasteiger partial charge on any atom is -0.451 e. The predicted octanol–water partition coefficient (Wildman–Crippen LogP) is 4.59. The van der Waals surface area contributed by atoms with E-state index < -0.39 is 11.7 Å². The molecule has 100 valence electrons. The Hall–Kier alpha value is -2.14. The van der Waals surface area contributed by atoms with Gasteiger partial charge in [-0.05, 0) is 42.5 Å². The van der Waals surface area contributed by atoms with Gasteiger partial charge in [0.15, 0.2) is 5.76 Å². The maximum atomic E-state index is 13.1. The summed E-state index contributed by atoms with van der Waals surface area (Å²) in [7, 11) is 0. The molecule has 0 saturated carbocycles. The average molecular weight is 334 g/mol. The number of furan rings is 1. The van der Waals surface area contributed by atoms with Gasteiger partial charge in [0.05, 0.1) is 0 Å². The van der Waals surface area contributed by atoms with Gasteiger partial charge in [0.2, 0.25) is 0 Å². The molecule has 2 aromatic carbocycles. The first-order valence-corrected chi connectivity index (χ1v) is 6.67. The topological polar surface area (TPSA) is 42.2 Å². The number of amides is 1. The standard InChI is InChI=1S/C15H9BrFNO2/c16-10-4-5-13-9(6-10)7-14(20-13)15(19)18-12-3-1-2-11(17)8-12/h1-8H,(H,18,19). The number of carbonyl (C=O) groups is 1. The Balaban J connectivity index is 1.88. The second kappa shape index (κ2) is 5.09. The SMILES string of the molecule is O=C(Nc1cccc(F)c1)c1cc2cc(Br)ccc2o1. The largest absolute Gasteiger partial charge is 0.451 e. The van der Waals surface area contributed by atoms with Crippen LogP contribution in [0.5, 0.6) is 0 Å². The molecule has 0 fully saturated rings. The highest BCUT2D eigenvalue weighted by Crippen LogP contribution is 2.24. The molecule has 0 aliphatic heterocycles. The molecule has 5 heteroatoms. The zero-order valence-corrected chi connectivity index (χ0v) is 11.8. The second-order valence-corrected chi connectivity index (χ2v) is 5.17. The fourth-order valence-corrected chi connectivity index (χ4v) is 2.26. The van der Waals surface area contributed by atoms with Crippen LogP contribution < -0.4 is 5.32 Å². The fraction of sp³-hybridized carbons (Fsp3) is 0. The Morgan fingerprint density at radius 1 is 1.15 bits per heavy atom. The molecule has 1 N–H and O–H groups in total. The van der Waals surface area contributed by atoms with Gasteiger partial charge in [-0.2, -0.15) is 0 Å². The number of rotatable bonds is 2. The normalized spacial score (nSPS) is 10.7. The van der Waals surface area contributed by atoms with Crippen molar-refractivity contribution < 1.29 is 13.6 Å². The lowest BCUT2D eigenvalue weighted by Crippen LogP contribution is -2.10. The van der Waals surface area contributed by atoms with Crippen molar-refractivity contribution in [2.75, 3.05) is 5.32 Å². The third kappa shape index (κ3) is 2.58. The van der Waals surface area contributed by atoms with E-state index in [0.29, 0.717) is 11.3 Å². The first-order chi connectivity index (χ1) is 9.61. The summed E-state index contributed by atoms with van der Waals surface area (Å²) < 4.78 is 19.4. The smallest absolute Gasteiger partial charge is 0.291 e. The molecule has 0 saturated heterocycles. The molecule has 0 aliphatic carbocycles. The van der Waals surface area contributed by atoms with E-state index in [2.05, 4.69) is 21.2 Å². The van der Waals surface area contributed by atoms with Gasteiger partial charge in [0.1, 0.15) is 11.4 Å².